The number of esters is 1. The zero-order valence-electron chi connectivity index (χ0n) is 12.8. The summed E-state index contributed by atoms with van der Waals surface area (Å²) in [7, 11) is 0. The number of amides is 1. The number of hydrogen-bond acceptors (Lipinski definition) is 4. The van der Waals surface area contributed by atoms with Crippen LogP contribution in [-0.4, -0.2) is 25.1 Å². The first-order valence-electron chi connectivity index (χ1n) is 7.14. The van der Waals surface area contributed by atoms with E-state index in [1.807, 2.05) is 6.92 Å². The van der Waals surface area contributed by atoms with Gasteiger partial charge in [-0.3, -0.25) is 4.79 Å². The standard InChI is InChI=1S/C17H15Cl2NO4/c1-2-23-13-6-4-12(5-7-13)20-16(21)10-24-17(22)14-9-11(18)3-8-15(14)19/h3-9H,2,10H2,1H3,(H,20,21). The van der Waals surface area contributed by atoms with Gasteiger partial charge in [-0.1, -0.05) is 23.2 Å². The molecule has 0 atom stereocenters. The number of ether oxygens (including phenoxy) is 2. The number of carbonyl (C=O) groups is 2. The zero-order chi connectivity index (χ0) is 17.5. The Morgan fingerprint density at radius 1 is 1.08 bits per heavy atom. The van der Waals surface area contributed by atoms with Gasteiger partial charge in [-0.05, 0) is 49.4 Å². The van der Waals surface area contributed by atoms with Gasteiger partial charge in [0.1, 0.15) is 5.75 Å². The molecule has 0 spiro atoms. The van der Waals surface area contributed by atoms with Gasteiger partial charge >= 0.3 is 5.97 Å². The second kappa shape index (κ2) is 8.57. The van der Waals surface area contributed by atoms with Crippen LogP contribution in [0.2, 0.25) is 10.0 Å². The molecule has 0 aliphatic carbocycles. The lowest BCUT2D eigenvalue weighted by atomic mass is 10.2. The third-order valence-electron chi connectivity index (χ3n) is 2.93. The number of rotatable bonds is 6. The van der Waals surface area contributed by atoms with Gasteiger partial charge < -0.3 is 14.8 Å². The number of halogens is 2. The van der Waals surface area contributed by atoms with Crippen LogP contribution in [0.4, 0.5) is 5.69 Å². The molecule has 7 heteroatoms. The number of nitrogens with one attached hydrogen (secondary N) is 1. The Kier molecular flexibility index (Phi) is 6.46. The molecule has 5 nitrogen and oxygen atoms in total. The summed E-state index contributed by atoms with van der Waals surface area (Å²) in [6.07, 6.45) is 0. The smallest absolute Gasteiger partial charge is 0.340 e. The van der Waals surface area contributed by atoms with Crippen molar-refractivity contribution in [2.75, 3.05) is 18.5 Å². The number of anilines is 1. The molecule has 0 saturated heterocycles. The molecular weight excluding hydrogens is 353 g/mol. The summed E-state index contributed by atoms with van der Waals surface area (Å²) in [4.78, 5) is 23.8. The van der Waals surface area contributed by atoms with Gasteiger partial charge in [0.15, 0.2) is 6.61 Å². The lowest BCUT2D eigenvalue weighted by Gasteiger charge is -2.08. The summed E-state index contributed by atoms with van der Waals surface area (Å²) in [5.74, 6) is -0.479. The third-order valence-corrected chi connectivity index (χ3v) is 3.50. The second-order valence-corrected chi connectivity index (χ2v) is 5.55. The molecule has 2 rings (SSSR count). The maximum Gasteiger partial charge on any atom is 0.340 e. The van der Waals surface area contributed by atoms with E-state index in [0.717, 1.165) is 0 Å². The SMILES string of the molecule is CCOc1ccc(NC(=O)COC(=O)c2cc(Cl)ccc2Cl)cc1. The molecule has 0 aliphatic rings. The minimum Gasteiger partial charge on any atom is -0.494 e. The van der Waals surface area contributed by atoms with Gasteiger partial charge in [-0.25, -0.2) is 4.79 Å². The van der Waals surface area contributed by atoms with E-state index in [2.05, 4.69) is 5.32 Å². The highest BCUT2D eigenvalue weighted by Crippen LogP contribution is 2.21. The molecule has 1 N–H and O–H groups in total. The summed E-state index contributed by atoms with van der Waals surface area (Å²) < 4.78 is 10.3. The van der Waals surface area contributed by atoms with Gasteiger partial charge in [0.05, 0.1) is 17.2 Å². The lowest BCUT2D eigenvalue weighted by molar-refractivity contribution is -0.119. The molecule has 0 heterocycles. The van der Waals surface area contributed by atoms with Crippen molar-refractivity contribution < 1.29 is 19.1 Å². The highest BCUT2D eigenvalue weighted by atomic mass is 35.5. The maximum atomic E-state index is 11.9. The summed E-state index contributed by atoms with van der Waals surface area (Å²) >= 11 is 11.7. The van der Waals surface area contributed by atoms with Crippen LogP contribution in [0.15, 0.2) is 42.5 Å². The van der Waals surface area contributed by atoms with Gasteiger partial charge in [0, 0.05) is 10.7 Å². The molecule has 0 unspecified atom stereocenters. The molecule has 126 valence electrons. The molecule has 0 aromatic heterocycles. The van der Waals surface area contributed by atoms with Crippen LogP contribution in [-0.2, 0) is 9.53 Å². The lowest BCUT2D eigenvalue weighted by Crippen LogP contribution is -2.21. The topological polar surface area (TPSA) is 64.6 Å². The van der Waals surface area contributed by atoms with Crippen LogP contribution in [0, 0.1) is 0 Å². The molecule has 0 saturated carbocycles. The molecule has 1 amide bonds. The molecule has 2 aromatic carbocycles. The Bertz CT molecular complexity index is 732. The Morgan fingerprint density at radius 2 is 1.79 bits per heavy atom. The van der Waals surface area contributed by atoms with Crippen molar-refractivity contribution in [1.82, 2.24) is 0 Å². The van der Waals surface area contributed by atoms with Gasteiger partial charge in [-0.15, -0.1) is 0 Å². The van der Waals surface area contributed by atoms with E-state index in [1.165, 1.54) is 12.1 Å². The van der Waals surface area contributed by atoms with Gasteiger partial charge in [-0.2, -0.15) is 0 Å². The Hall–Kier alpha value is -2.24. The van der Waals surface area contributed by atoms with E-state index in [9.17, 15) is 9.59 Å². The van der Waals surface area contributed by atoms with Crippen LogP contribution in [0.1, 0.15) is 17.3 Å². The average Bonchev–Trinajstić information content (AvgIpc) is 2.57. The van der Waals surface area contributed by atoms with Crippen LogP contribution >= 0.6 is 23.2 Å². The van der Waals surface area contributed by atoms with E-state index in [-0.39, 0.29) is 10.6 Å². The monoisotopic (exact) mass is 367 g/mol. The number of benzene rings is 2. The van der Waals surface area contributed by atoms with Crippen molar-refractivity contribution in [3.8, 4) is 5.75 Å². The molecule has 0 bridgehead atoms. The van der Waals surface area contributed by atoms with E-state index in [4.69, 9.17) is 32.7 Å². The predicted octanol–water partition coefficient (Wildman–Crippen LogP) is 4.19. The van der Waals surface area contributed by atoms with Crippen molar-refractivity contribution in [2.24, 2.45) is 0 Å². The van der Waals surface area contributed by atoms with Crippen molar-refractivity contribution in [1.29, 1.82) is 0 Å². The summed E-state index contributed by atoms with van der Waals surface area (Å²) in [5.41, 5.74) is 0.679. The first kappa shape index (κ1) is 18.1. The summed E-state index contributed by atoms with van der Waals surface area (Å²) in [6.45, 7) is 2.01. The number of carbonyl (C=O) groups excluding carboxylic acids is 2. The maximum absolute atomic E-state index is 11.9. The average molecular weight is 368 g/mol. The zero-order valence-corrected chi connectivity index (χ0v) is 14.4. The minimum absolute atomic E-state index is 0.109. The Balaban J connectivity index is 1.88. The highest BCUT2D eigenvalue weighted by molar-refractivity contribution is 6.35. The van der Waals surface area contributed by atoms with Crippen molar-refractivity contribution in [3.63, 3.8) is 0 Å². The van der Waals surface area contributed by atoms with Gasteiger partial charge in [0.25, 0.3) is 5.91 Å². The summed E-state index contributed by atoms with van der Waals surface area (Å²) in [5, 5.41) is 3.17. The molecular formula is C17H15Cl2NO4. The number of hydrogen-bond donors (Lipinski definition) is 1. The Labute approximate surface area is 149 Å². The van der Waals surface area contributed by atoms with Crippen LogP contribution in [0.25, 0.3) is 0 Å². The minimum atomic E-state index is -0.718. The fraction of sp³-hybridized carbons (Fsp3) is 0.176. The van der Waals surface area contributed by atoms with E-state index in [1.54, 1.807) is 30.3 Å². The first-order chi connectivity index (χ1) is 11.5. The largest absolute Gasteiger partial charge is 0.494 e. The molecule has 0 aliphatic heterocycles. The van der Waals surface area contributed by atoms with Crippen molar-refractivity contribution in [2.45, 2.75) is 6.92 Å². The first-order valence-corrected chi connectivity index (χ1v) is 7.90. The quantitative estimate of drug-likeness (QED) is 0.777. The normalized spacial score (nSPS) is 10.1. The Morgan fingerprint density at radius 3 is 2.46 bits per heavy atom. The van der Waals surface area contributed by atoms with Crippen LogP contribution < -0.4 is 10.1 Å². The molecule has 2 aromatic rings. The van der Waals surface area contributed by atoms with E-state index >= 15 is 0 Å². The van der Waals surface area contributed by atoms with Gasteiger partial charge in [0.2, 0.25) is 0 Å². The molecule has 24 heavy (non-hydrogen) atoms. The van der Waals surface area contributed by atoms with Crippen LogP contribution in [0.3, 0.4) is 0 Å². The fourth-order valence-electron chi connectivity index (χ4n) is 1.86. The third kappa shape index (κ3) is 5.15. The van der Waals surface area contributed by atoms with Crippen molar-refractivity contribution in [3.05, 3.63) is 58.1 Å². The van der Waals surface area contributed by atoms with Crippen LogP contribution in [0.5, 0.6) is 5.75 Å². The fourth-order valence-corrected chi connectivity index (χ4v) is 2.23. The molecule has 0 fully saturated rings. The van der Waals surface area contributed by atoms with E-state index in [0.29, 0.717) is 23.1 Å². The second-order valence-electron chi connectivity index (χ2n) is 4.71. The molecule has 0 radical (unpaired) electrons. The predicted molar refractivity (Wildman–Crippen MR) is 93.0 cm³/mol. The van der Waals surface area contributed by atoms with E-state index < -0.39 is 18.5 Å². The summed E-state index contributed by atoms with van der Waals surface area (Å²) in [6, 6.07) is 11.3. The van der Waals surface area contributed by atoms with Crippen molar-refractivity contribution >= 4 is 40.8 Å². The highest BCUT2D eigenvalue weighted by Gasteiger charge is 2.14.